The van der Waals surface area contributed by atoms with Crippen molar-refractivity contribution in [1.82, 2.24) is 19.2 Å². The van der Waals surface area contributed by atoms with E-state index < -0.39 is 0 Å². The topological polar surface area (TPSA) is 74.3 Å². The molecule has 3 aromatic heterocycles. The van der Waals surface area contributed by atoms with Crippen LogP contribution in [0.25, 0.3) is 11.7 Å². The van der Waals surface area contributed by atoms with Crippen LogP contribution in [0.1, 0.15) is 23.8 Å². The molecule has 5 rings (SSSR count). The van der Waals surface area contributed by atoms with Crippen molar-refractivity contribution in [3.05, 3.63) is 68.9 Å². The lowest BCUT2D eigenvalue weighted by molar-refractivity contribution is -0.122. The van der Waals surface area contributed by atoms with Gasteiger partial charge in [-0.15, -0.1) is 0 Å². The van der Waals surface area contributed by atoms with E-state index in [-0.39, 0.29) is 18.0 Å². The van der Waals surface area contributed by atoms with E-state index in [1.807, 2.05) is 19.1 Å². The first-order chi connectivity index (χ1) is 16.5. The number of likely N-dealkylation sites (N-methyl/N-ethyl adjacent to an activating group) is 1. The third-order valence-corrected chi connectivity index (χ3v) is 7.60. The van der Waals surface area contributed by atoms with Crippen molar-refractivity contribution in [3.8, 4) is 0 Å². The van der Waals surface area contributed by atoms with Gasteiger partial charge in [-0.2, -0.15) is 0 Å². The van der Waals surface area contributed by atoms with Crippen LogP contribution in [-0.4, -0.2) is 62.1 Å². The maximum Gasteiger partial charge on any atom is 0.267 e. The fraction of sp³-hybridized carbons (Fsp3) is 0.333. The second kappa shape index (κ2) is 9.36. The van der Waals surface area contributed by atoms with Crippen molar-refractivity contribution in [1.29, 1.82) is 0 Å². The van der Waals surface area contributed by atoms with Gasteiger partial charge in [0, 0.05) is 32.4 Å². The van der Waals surface area contributed by atoms with Crippen molar-refractivity contribution in [2.24, 2.45) is 0 Å². The van der Waals surface area contributed by atoms with Crippen LogP contribution in [0.5, 0.6) is 0 Å². The van der Waals surface area contributed by atoms with Gasteiger partial charge in [-0.3, -0.25) is 18.9 Å². The Balaban J connectivity index is 1.57. The van der Waals surface area contributed by atoms with E-state index in [1.54, 1.807) is 35.1 Å². The van der Waals surface area contributed by atoms with Crippen molar-refractivity contribution in [2.45, 2.75) is 20.4 Å². The number of nitrogens with zero attached hydrogens (tertiary/aromatic N) is 5. The highest BCUT2D eigenvalue weighted by molar-refractivity contribution is 8.26. The molecule has 0 atom stereocenters. The molecule has 2 saturated heterocycles. The number of carbonyl (C=O) groups excluding carboxylic acids is 1. The molecule has 0 aliphatic carbocycles. The van der Waals surface area contributed by atoms with E-state index >= 15 is 0 Å². The van der Waals surface area contributed by atoms with Gasteiger partial charge in [0.05, 0.1) is 23.3 Å². The number of carbonyl (C=O) groups is 1. The molecule has 176 valence electrons. The zero-order valence-electron chi connectivity index (χ0n) is 19.1. The van der Waals surface area contributed by atoms with E-state index in [9.17, 15) is 9.59 Å². The lowest BCUT2D eigenvalue weighted by Crippen LogP contribution is -2.47. The number of aromatic nitrogens is 2. The number of fused-ring (bicyclic) bond motifs is 1. The monoisotopic (exact) mass is 495 g/mol. The first-order valence-corrected chi connectivity index (χ1v) is 12.5. The summed E-state index contributed by atoms with van der Waals surface area (Å²) in [5, 5.41) is 0. The van der Waals surface area contributed by atoms with Gasteiger partial charge in [0.25, 0.3) is 11.5 Å². The van der Waals surface area contributed by atoms with Crippen LogP contribution in [0, 0.1) is 6.92 Å². The smallest absolute Gasteiger partial charge is 0.267 e. The number of thiocarbonyl (C=S) groups is 1. The molecule has 1 amide bonds. The van der Waals surface area contributed by atoms with Gasteiger partial charge >= 0.3 is 0 Å². The molecule has 0 saturated carbocycles. The highest BCUT2D eigenvalue weighted by Gasteiger charge is 2.33. The van der Waals surface area contributed by atoms with E-state index in [1.165, 1.54) is 16.7 Å². The summed E-state index contributed by atoms with van der Waals surface area (Å²) in [6, 6.07) is 7.35. The molecule has 0 N–H and O–H groups in total. The van der Waals surface area contributed by atoms with Crippen molar-refractivity contribution >= 4 is 51.7 Å². The quantitative estimate of drug-likeness (QED) is 0.395. The Bertz CT molecular complexity index is 1340. The molecule has 34 heavy (non-hydrogen) atoms. The van der Waals surface area contributed by atoms with E-state index in [0.717, 1.165) is 38.3 Å². The molecule has 10 heteroatoms. The summed E-state index contributed by atoms with van der Waals surface area (Å²) in [5.74, 6) is 1.03. The molecule has 0 radical (unpaired) electrons. The van der Waals surface area contributed by atoms with Crippen LogP contribution in [0.3, 0.4) is 0 Å². The third-order valence-electron chi connectivity index (χ3n) is 6.23. The molecule has 0 aromatic carbocycles. The van der Waals surface area contributed by atoms with Gasteiger partial charge in [-0.25, -0.2) is 4.98 Å². The van der Waals surface area contributed by atoms with Gasteiger partial charge in [-0.05, 0) is 43.3 Å². The maximum atomic E-state index is 13.6. The largest absolute Gasteiger partial charge is 0.467 e. The highest BCUT2D eigenvalue weighted by atomic mass is 32.2. The van der Waals surface area contributed by atoms with E-state index in [2.05, 4.69) is 16.7 Å². The number of anilines is 1. The van der Waals surface area contributed by atoms with Gasteiger partial charge < -0.3 is 14.2 Å². The molecule has 2 aliphatic heterocycles. The number of rotatable bonds is 5. The minimum absolute atomic E-state index is 0.196. The number of hydrogen-bond donors (Lipinski definition) is 0. The molecule has 2 aliphatic rings. The van der Waals surface area contributed by atoms with Crippen molar-refractivity contribution in [2.75, 3.05) is 37.6 Å². The number of thioether (sulfide) groups is 1. The number of furan rings is 1. The number of piperazine rings is 1. The summed E-state index contributed by atoms with van der Waals surface area (Å²) < 4.78 is 7.38. The minimum atomic E-state index is -0.234. The van der Waals surface area contributed by atoms with Crippen LogP contribution >= 0.6 is 24.0 Å². The molecule has 5 heterocycles. The molecule has 0 unspecified atom stereocenters. The normalized spacial score (nSPS) is 18.6. The Morgan fingerprint density at radius 1 is 1.18 bits per heavy atom. The summed E-state index contributed by atoms with van der Waals surface area (Å²) in [5.41, 5.74) is 1.76. The summed E-state index contributed by atoms with van der Waals surface area (Å²) in [6.45, 7) is 8.67. The molecular weight excluding hydrogens is 470 g/mol. The van der Waals surface area contributed by atoms with Crippen LogP contribution < -0.4 is 10.5 Å². The van der Waals surface area contributed by atoms with Gasteiger partial charge in [-0.1, -0.05) is 37.0 Å². The number of pyridine rings is 1. The Morgan fingerprint density at radius 2 is 1.97 bits per heavy atom. The average molecular weight is 496 g/mol. The van der Waals surface area contributed by atoms with Gasteiger partial charge in [0.2, 0.25) is 0 Å². The second-order valence-electron chi connectivity index (χ2n) is 8.31. The standard InChI is InChI=1S/C24H25N5O3S2/c1-3-26-9-11-27(12-10-26)21-18(22(30)28-8-4-6-16(2)20(28)25-21)14-19-23(31)29(24(33)34-19)15-17-7-5-13-32-17/h4-8,13-14H,3,9-12,15H2,1-2H3/b19-14+. The fourth-order valence-corrected chi connectivity index (χ4v) is 5.51. The third kappa shape index (κ3) is 4.17. The SMILES string of the molecule is CCN1CCN(c2nc3c(C)cccn3c(=O)c2/C=C2/SC(=S)N(Cc3ccco3)C2=O)CC1. The zero-order chi connectivity index (χ0) is 23.8. The molecule has 8 nitrogen and oxygen atoms in total. The number of hydrogen-bond acceptors (Lipinski definition) is 8. The minimum Gasteiger partial charge on any atom is -0.467 e. The van der Waals surface area contributed by atoms with Crippen LogP contribution in [0.15, 0.2) is 50.8 Å². The van der Waals surface area contributed by atoms with Gasteiger partial charge in [0.1, 0.15) is 21.5 Å². The number of aryl methyl sites for hydroxylation is 1. The van der Waals surface area contributed by atoms with Crippen molar-refractivity contribution in [3.63, 3.8) is 0 Å². The zero-order valence-corrected chi connectivity index (χ0v) is 20.7. The summed E-state index contributed by atoms with van der Waals surface area (Å²) in [6.07, 6.45) is 4.94. The highest BCUT2D eigenvalue weighted by Crippen LogP contribution is 2.34. The maximum absolute atomic E-state index is 13.6. The first-order valence-electron chi connectivity index (χ1n) is 11.2. The first kappa shape index (κ1) is 22.8. The molecule has 0 bridgehead atoms. The average Bonchev–Trinajstić information content (AvgIpc) is 3.45. The fourth-order valence-electron chi connectivity index (χ4n) is 4.27. The van der Waals surface area contributed by atoms with Crippen LogP contribution in [0.2, 0.25) is 0 Å². The summed E-state index contributed by atoms with van der Waals surface area (Å²) in [4.78, 5) is 38.2. The molecule has 2 fully saturated rings. The predicted octanol–water partition coefficient (Wildman–Crippen LogP) is 3.14. The Kier molecular flexibility index (Phi) is 6.28. The second-order valence-corrected chi connectivity index (χ2v) is 9.98. The van der Waals surface area contributed by atoms with Crippen LogP contribution in [-0.2, 0) is 11.3 Å². The Morgan fingerprint density at radius 3 is 2.68 bits per heavy atom. The van der Waals surface area contributed by atoms with E-state index in [4.69, 9.17) is 21.6 Å². The lowest BCUT2D eigenvalue weighted by atomic mass is 10.2. The van der Waals surface area contributed by atoms with Crippen molar-refractivity contribution < 1.29 is 9.21 Å². The summed E-state index contributed by atoms with van der Waals surface area (Å²) in [7, 11) is 0. The Hall–Kier alpha value is -2.95. The Labute approximate surface area is 206 Å². The summed E-state index contributed by atoms with van der Waals surface area (Å²) >= 11 is 6.67. The molecular formula is C24H25N5O3S2. The van der Waals surface area contributed by atoms with Crippen LogP contribution in [0.4, 0.5) is 5.82 Å². The molecule has 3 aromatic rings. The van der Waals surface area contributed by atoms with E-state index in [0.29, 0.717) is 32.0 Å². The predicted molar refractivity (Wildman–Crippen MR) is 138 cm³/mol. The molecule has 0 spiro atoms. The number of amides is 1. The van der Waals surface area contributed by atoms with Gasteiger partial charge in [0.15, 0.2) is 0 Å². The lowest BCUT2D eigenvalue weighted by Gasteiger charge is -2.35.